The van der Waals surface area contributed by atoms with E-state index in [4.69, 9.17) is 4.74 Å². The molecule has 1 heterocycles. The molecular formula is C15H16N2O. The number of benzene rings is 2. The van der Waals surface area contributed by atoms with Gasteiger partial charge in [-0.3, -0.25) is 0 Å². The molecule has 0 aliphatic carbocycles. The fourth-order valence-electron chi connectivity index (χ4n) is 1.87. The monoisotopic (exact) mass is 240 g/mol. The van der Waals surface area contributed by atoms with Crippen LogP contribution in [0.1, 0.15) is 0 Å². The van der Waals surface area contributed by atoms with E-state index in [0.717, 1.165) is 30.3 Å². The van der Waals surface area contributed by atoms with Gasteiger partial charge >= 0.3 is 0 Å². The zero-order chi connectivity index (χ0) is 12.2. The van der Waals surface area contributed by atoms with Gasteiger partial charge in [-0.15, -0.1) is 0 Å². The Morgan fingerprint density at radius 1 is 0.889 bits per heavy atom. The minimum absolute atomic E-state index is 0.561. The van der Waals surface area contributed by atoms with Crippen LogP contribution in [0.25, 0.3) is 0 Å². The molecule has 0 radical (unpaired) electrons. The number of nitrogens with one attached hydrogen (secondary N) is 2. The summed E-state index contributed by atoms with van der Waals surface area (Å²) < 4.78 is 5.74. The molecule has 92 valence electrons. The Balaban J connectivity index is 1.63. The van der Waals surface area contributed by atoms with E-state index in [1.807, 2.05) is 42.5 Å². The normalized spacial score (nSPS) is 14.9. The van der Waals surface area contributed by atoms with Crippen molar-refractivity contribution in [2.75, 3.05) is 18.4 Å². The molecule has 0 unspecified atom stereocenters. The smallest absolute Gasteiger partial charge is 0.127 e. The van der Waals surface area contributed by atoms with Crippen LogP contribution in [0.4, 0.5) is 5.69 Å². The molecule has 3 nitrogen and oxygen atoms in total. The van der Waals surface area contributed by atoms with Crippen LogP contribution in [-0.2, 0) is 0 Å². The first kappa shape index (κ1) is 11.1. The van der Waals surface area contributed by atoms with Gasteiger partial charge in [0.25, 0.3) is 0 Å². The maximum atomic E-state index is 5.74. The fraction of sp³-hybridized carbons (Fsp3) is 0.200. The van der Waals surface area contributed by atoms with Gasteiger partial charge in [-0.2, -0.15) is 0 Å². The van der Waals surface area contributed by atoms with Crippen molar-refractivity contribution in [1.82, 2.24) is 5.32 Å². The van der Waals surface area contributed by atoms with Crippen LogP contribution in [0.2, 0.25) is 0 Å². The Kier molecular flexibility index (Phi) is 3.15. The standard InChI is InChI=1S/C15H16N2O/c1-2-4-14(5-3-1)18-15-8-6-12(7-9-15)17-13-10-16-11-13/h1-9,13,16-17H,10-11H2. The summed E-state index contributed by atoms with van der Waals surface area (Å²) >= 11 is 0. The molecule has 0 saturated carbocycles. The number of anilines is 1. The Morgan fingerprint density at radius 3 is 2.17 bits per heavy atom. The molecule has 0 spiro atoms. The summed E-state index contributed by atoms with van der Waals surface area (Å²) in [5.74, 6) is 1.72. The van der Waals surface area contributed by atoms with Gasteiger partial charge < -0.3 is 15.4 Å². The van der Waals surface area contributed by atoms with E-state index in [1.54, 1.807) is 0 Å². The summed E-state index contributed by atoms with van der Waals surface area (Å²) in [5, 5.41) is 6.69. The summed E-state index contributed by atoms with van der Waals surface area (Å²) in [4.78, 5) is 0. The molecule has 1 aliphatic rings. The molecular weight excluding hydrogens is 224 g/mol. The highest BCUT2D eigenvalue weighted by atomic mass is 16.5. The average molecular weight is 240 g/mol. The third-order valence-corrected chi connectivity index (χ3v) is 2.99. The van der Waals surface area contributed by atoms with Gasteiger partial charge in [-0.25, -0.2) is 0 Å². The SMILES string of the molecule is c1ccc(Oc2ccc(NC3CNC3)cc2)cc1. The van der Waals surface area contributed by atoms with Gasteiger partial charge in [-0.1, -0.05) is 18.2 Å². The second-order valence-corrected chi connectivity index (χ2v) is 4.44. The molecule has 3 heteroatoms. The molecule has 1 saturated heterocycles. The Labute approximate surface area is 107 Å². The van der Waals surface area contributed by atoms with Gasteiger partial charge in [-0.05, 0) is 36.4 Å². The number of rotatable bonds is 4. The highest BCUT2D eigenvalue weighted by Gasteiger charge is 2.15. The lowest BCUT2D eigenvalue weighted by molar-refractivity contribution is 0.471. The molecule has 2 N–H and O–H groups in total. The molecule has 0 atom stereocenters. The van der Waals surface area contributed by atoms with Crippen molar-refractivity contribution in [2.24, 2.45) is 0 Å². The maximum Gasteiger partial charge on any atom is 0.127 e. The third kappa shape index (κ3) is 2.63. The summed E-state index contributed by atoms with van der Waals surface area (Å²) in [5.41, 5.74) is 1.14. The molecule has 1 fully saturated rings. The Bertz CT molecular complexity index is 492. The Morgan fingerprint density at radius 2 is 1.56 bits per heavy atom. The van der Waals surface area contributed by atoms with Gasteiger partial charge in [0.2, 0.25) is 0 Å². The van der Waals surface area contributed by atoms with Crippen molar-refractivity contribution in [3.05, 3.63) is 54.6 Å². The second-order valence-electron chi connectivity index (χ2n) is 4.44. The zero-order valence-electron chi connectivity index (χ0n) is 10.1. The van der Waals surface area contributed by atoms with E-state index >= 15 is 0 Å². The minimum atomic E-state index is 0.561. The molecule has 2 aromatic rings. The summed E-state index contributed by atoms with van der Waals surface area (Å²) in [6, 6.07) is 18.5. The summed E-state index contributed by atoms with van der Waals surface area (Å²) in [6.07, 6.45) is 0. The first-order chi connectivity index (χ1) is 8.90. The van der Waals surface area contributed by atoms with E-state index in [-0.39, 0.29) is 0 Å². The predicted octanol–water partition coefficient (Wildman–Crippen LogP) is 2.86. The molecule has 3 rings (SSSR count). The topological polar surface area (TPSA) is 33.3 Å². The van der Waals surface area contributed by atoms with Crippen LogP contribution >= 0.6 is 0 Å². The average Bonchev–Trinajstić information content (AvgIpc) is 2.37. The van der Waals surface area contributed by atoms with E-state index in [2.05, 4.69) is 22.8 Å². The van der Waals surface area contributed by atoms with Gasteiger partial charge in [0, 0.05) is 18.8 Å². The second kappa shape index (κ2) is 5.10. The minimum Gasteiger partial charge on any atom is -0.457 e. The molecule has 2 aromatic carbocycles. The van der Waals surface area contributed by atoms with E-state index < -0.39 is 0 Å². The van der Waals surface area contributed by atoms with Crippen LogP contribution in [0, 0.1) is 0 Å². The molecule has 1 aliphatic heterocycles. The number of hydrogen-bond acceptors (Lipinski definition) is 3. The number of ether oxygens (including phenoxy) is 1. The highest BCUT2D eigenvalue weighted by Crippen LogP contribution is 2.22. The molecule has 0 bridgehead atoms. The Hall–Kier alpha value is -2.00. The largest absolute Gasteiger partial charge is 0.457 e. The quantitative estimate of drug-likeness (QED) is 0.862. The zero-order valence-corrected chi connectivity index (χ0v) is 10.1. The highest BCUT2D eigenvalue weighted by molar-refractivity contribution is 5.48. The predicted molar refractivity (Wildman–Crippen MR) is 73.2 cm³/mol. The van der Waals surface area contributed by atoms with E-state index in [0.29, 0.717) is 6.04 Å². The van der Waals surface area contributed by atoms with Crippen LogP contribution < -0.4 is 15.4 Å². The van der Waals surface area contributed by atoms with E-state index in [9.17, 15) is 0 Å². The molecule has 0 amide bonds. The van der Waals surface area contributed by atoms with Crippen molar-refractivity contribution >= 4 is 5.69 Å². The number of hydrogen-bond donors (Lipinski definition) is 2. The first-order valence-corrected chi connectivity index (χ1v) is 6.20. The van der Waals surface area contributed by atoms with Gasteiger partial charge in [0.15, 0.2) is 0 Å². The van der Waals surface area contributed by atoms with Crippen molar-refractivity contribution in [3.63, 3.8) is 0 Å². The lowest BCUT2D eigenvalue weighted by atomic mass is 10.1. The lowest BCUT2D eigenvalue weighted by Gasteiger charge is -2.28. The molecule has 0 aromatic heterocycles. The third-order valence-electron chi connectivity index (χ3n) is 2.99. The number of para-hydroxylation sites is 1. The van der Waals surface area contributed by atoms with Crippen molar-refractivity contribution in [2.45, 2.75) is 6.04 Å². The van der Waals surface area contributed by atoms with Gasteiger partial charge in [0.1, 0.15) is 11.5 Å². The van der Waals surface area contributed by atoms with E-state index in [1.165, 1.54) is 0 Å². The van der Waals surface area contributed by atoms with Gasteiger partial charge in [0.05, 0.1) is 6.04 Å². The van der Waals surface area contributed by atoms with Crippen LogP contribution in [0.3, 0.4) is 0 Å². The lowest BCUT2D eigenvalue weighted by Crippen LogP contribution is -2.51. The summed E-state index contributed by atoms with van der Waals surface area (Å²) in [7, 11) is 0. The van der Waals surface area contributed by atoms with Crippen molar-refractivity contribution in [1.29, 1.82) is 0 Å². The molecule has 18 heavy (non-hydrogen) atoms. The van der Waals surface area contributed by atoms with Crippen LogP contribution in [0.5, 0.6) is 11.5 Å². The maximum absolute atomic E-state index is 5.74. The van der Waals surface area contributed by atoms with Crippen LogP contribution in [0.15, 0.2) is 54.6 Å². The fourth-order valence-corrected chi connectivity index (χ4v) is 1.87. The summed E-state index contributed by atoms with van der Waals surface area (Å²) in [6.45, 7) is 2.09. The van der Waals surface area contributed by atoms with Crippen molar-refractivity contribution in [3.8, 4) is 11.5 Å². The van der Waals surface area contributed by atoms with Crippen LogP contribution in [-0.4, -0.2) is 19.1 Å². The first-order valence-electron chi connectivity index (χ1n) is 6.20. The van der Waals surface area contributed by atoms with Crippen molar-refractivity contribution < 1.29 is 4.74 Å².